The van der Waals surface area contributed by atoms with E-state index in [-0.39, 0.29) is 11.7 Å². The number of hydrogen-bond donors (Lipinski definition) is 0. The number of hydrogen-bond acceptors (Lipinski definition) is 5. The van der Waals surface area contributed by atoms with Crippen molar-refractivity contribution in [3.8, 4) is 11.5 Å². The van der Waals surface area contributed by atoms with Gasteiger partial charge < -0.3 is 4.42 Å². The molecule has 0 radical (unpaired) electrons. The van der Waals surface area contributed by atoms with Gasteiger partial charge >= 0.3 is 0 Å². The van der Waals surface area contributed by atoms with Gasteiger partial charge in [-0.25, -0.2) is 12.8 Å². The first kappa shape index (κ1) is 20.7. The summed E-state index contributed by atoms with van der Waals surface area (Å²) in [6, 6.07) is 12.9. The Balaban J connectivity index is 1.51. The first-order chi connectivity index (χ1) is 14.5. The van der Waals surface area contributed by atoms with Crippen LogP contribution in [0.2, 0.25) is 0 Å². The molecule has 1 atom stereocenters. The van der Waals surface area contributed by atoms with Crippen LogP contribution in [0.15, 0.2) is 57.8 Å². The topological polar surface area (TPSA) is 76.3 Å². The molecular formula is C22H24FN3O3S. The molecule has 0 bridgehead atoms. The minimum Gasteiger partial charge on any atom is -0.420 e. The average molecular weight is 430 g/mol. The Morgan fingerprint density at radius 2 is 1.83 bits per heavy atom. The van der Waals surface area contributed by atoms with Gasteiger partial charge in [-0.05, 0) is 61.2 Å². The Labute approximate surface area is 175 Å². The van der Waals surface area contributed by atoms with E-state index >= 15 is 0 Å². The molecule has 3 aromatic rings. The van der Waals surface area contributed by atoms with Crippen molar-refractivity contribution in [2.45, 2.75) is 43.4 Å². The maximum Gasteiger partial charge on any atom is 0.247 e. The van der Waals surface area contributed by atoms with Crippen molar-refractivity contribution in [2.24, 2.45) is 0 Å². The van der Waals surface area contributed by atoms with Crippen LogP contribution in [0.1, 0.15) is 43.6 Å². The van der Waals surface area contributed by atoms with Crippen LogP contribution in [0.3, 0.4) is 0 Å². The molecular weight excluding hydrogens is 405 g/mol. The zero-order chi connectivity index (χ0) is 21.1. The lowest BCUT2D eigenvalue weighted by molar-refractivity contribution is 0.286. The highest BCUT2D eigenvalue weighted by atomic mass is 32.2. The smallest absolute Gasteiger partial charge is 0.247 e. The highest BCUT2D eigenvalue weighted by Crippen LogP contribution is 2.31. The summed E-state index contributed by atoms with van der Waals surface area (Å²) in [4.78, 5) is 0.306. The monoisotopic (exact) mass is 429 g/mol. The van der Waals surface area contributed by atoms with Gasteiger partial charge in [-0.1, -0.05) is 25.5 Å². The summed E-state index contributed by atoms with van der Waals surface area (Å²) in [7, 11) is -3.58. The highest BCUT2D eigenvalue weighted by Gasteiger charge is 2.33. The minimum atomic E-state index is -3.58. The molecule has 0 aliphatic carbocycles. The number of rotatable bonds is 6. The summed E-state index contributed by atoms with van der Waals surface area (Å²) in [5.74, 6) is 0.202. The van der Waals surface area contributed by atoms with Gasteiger partial charge in [0, 0.05) is 18.7 Å². The van der Waals surface area contributed by atoms with E-state index in [0.29, 0.717) is 41.8 Å². The second-order valence-electron chi connectivity index (χ2n) is 7.55. The predicted molar refractivity (Wildman–Crippen MR) is 111 cm³/mol. The molecule has 1 aliphatic rings. The van der Waals surface area contributed by atoms with Gasteiger partial charge in [0.2, 0.25) is 21.8 Å². The molecule has 1 unspecified atom stereocenters. The first-order valence-electron chi connectivity index (χ1n) is 10.2. The van der Waals surface area contributed by atoms with Crippen LogP contribution in [0.5, 0.6) is 0 Å². The Kier molecular flexibility index (Phi) is 5.97. The Morgan fingerprint density at radius 1 is 1.10 bits per heavy atom. The number of benzene rings is 2. The van der Waals surface area contributed by atoms with Gasteiger partial charge in [0.05, 0.1) is 10.8 Å². The first-order valence-corrected chi connectivity index (χ1v) is 11.6. The molecule has 0 amide bonds. The van der Waals surface area contributed by atoms with E-state index in [2.05, 4.69) is 17.1 Å². The third kappa shape index (κ3) is 4.29. The number of halogens is 1. The number of aromatic nitrogens is 2. The summed E-state index contributed by atoms with van der Waals surface area (Å²) in [6.45, 7) is 2.86. The number of piperidine rings is 1. The van der Waals surface area contributed by atoms with Gasteiger partial charge in [0.1, 0.15) is 5.82 Å². The van der Waals surface area contributed by atoms with Crippen molar-refractivity contribution < 1.29 is 17.2 Å². The fourth-order valence-electron chi connectivity index (χ4n) is 3.74. The van der Waals surface area contributed by atoms with Crippen molar-refractivity contribution in [1.82, 2.24) is 14.5 Å². The second kappa shape index (κ2) is 8.65. The van der Waals surface area contributed by atoms with E-state index in [0.717, 1.165) is 24.8 Å². The second-order valence-corrected chi connectivity index (χ2v) is 9.49. The Bertz CT molecular complexity index is 1100. The molecule has 4 rings (SSSR count). The lowest BCUT2D eigenvalue weighted by atomic mass is 10.00. The van der Waals surface area contributed by atoms with E-state index in [9.17, 15) is 12.8 Å². The normalized spacial score (nSPS) is 17.9. The molecule has 1 aromatic heterocycles. The minimum absolute atomic E-state index is 0.172. The third-order valence-corrected chi connectivity index (χ3v) is 7.24. The SMILES string of the molecule is CCCc1ccc(S(=O)(=O)N2CCCC(c3nnc(-c4ccc(F)cc4)o3)C2)cc1. The van der Waals surface area contributed by atoms with Gasteiger partial charge in [-0.15, -0.1) is 10.2 Å². The summed E-state index contributed by atoms with van der Waals surface area (Å²) in [5, 5.41) is 8.18. The van der Waals surface area contributed by atoms with Crippen LogP contribution in [0.4, 0.5) is 4.39 Å². The van der Waals surface area contributed by atoms with Crippen molar-refractivity contribution in [2.75, 3.05) is 13.1 Å². The van der Waals surface area contributed by atoms with Crippen molar-refractivity contribution >= 4 is 10.0 Å². The molecule has 2 aromatic carbocycles. The fourth-order valence-corrected chi connectivity index (χ4v) is 5.26. The molecule has 1 fully saturated rings. The fraction of sp³-hybridized carbons (Fsp3) is 0.364. The maximum atomic E-state index is 13.1. The Hall–Kier alpha value is -2.58. The number of aryl methyl sites for hydroxylation is 1. The standard InChI is InChI=1S/C22H24FN3O3S/c1-2-4-16-6-12-20(13-7-16)30(27,28)26-14-3-5-18(15-26)22-25-24-21(29-22)17-8-10-19(23)11-9-17/h6-13,18H,2-5,14-15H2,1H3. The largest absolute Gasteiger partial charge is 0.420 e. The van der Waals surface area contributed by atoms with E-state index in [1.165, 1.54) is 16.4 Å². The summed E-state index contributed by atoms with van der Waals surface area (Å²) < 4.78 is 46.6. The molecule has 0 saturated carbocycles. The van der Waals surface area contributed by atoms with Crippen LogP contribution in [0, 0.1) is 5.82 Å². The zero-order valence-corrected chi connectivity index (χ0v) is 17.6. The van der Waals surface area contributed by atoms with Gasteiger partial charge in [-0.2, -0.15) is 4.31 Å². The van der Waals surface area contributed by atoms with E-state index < -0.39 is 10.0 Å². The molecule has 2 heterocycles. The summed E-state index contributed by atoms with van der Waals surface area (Å²) in [5.41, 5.74) is 1.76. The van der Waals surface area contributed by atoms with E-state index in [4.69, 9.17) is 4.42 Å². The van der Waals surface area contributed by atoms with Crippen LogP contribution >= 0.6 is 0 Å². The molecule has 30 heavy (non-hydrogen) atoms. The van der Waals surface area contributed by atoms with Gasteiger partial charge in [-0.3, -0.25) is 0 Å². The molecule has 6 nitrogen and oxygen atoms in total. The quantitative estimate of drug-likeness (QED) is 0.581. The lowest BCUT2D eigenvalue weighted by Gasteiger charge is -2.30. The number of nitrogens with zero attached hydrogens (tertiary/aromatic N) is 3. The molecule has 8 heteroatoms. The summed E-state index contributed by atoms with van der Waals surface area (Å²) in [6.07, 6.45) is 3.43. The van der Waals surface area contributed by atoms with Crippen LogP contribution in [-0.4, -0.2) is 36.0 Å². The van der Waals surface area contributed by atoms with E-state index in [1.54, 1.807) is 24.3 Å². The lowest BCUT2D eigenvalue weighted by Crippen LogP contribution is -2.39. The zero-order valence-electron chi connectivity index (χ0n) is 16.8. The van der Waals surface area contributed by atoms with Crippen molar-refractivity contribution in [1.29, 1.82) is 0 Å². The molecule has 0 N–H and O–H groups in total. The molecule has 1 saturated heterocycles. The molecule has 1 aliphatic heterocycles. The predicted octanol–water partition coefficient (Wildman–Crippen LogP) is 4.40. The van der Waals surface area contributed by atoms with E-state index in [1.807, 2.05) is 12.1 Å². The van der Waals surface area contributed by atoms with Crippen molar-refractivity contribution in [3.63, 3.8) is 0 Å². The molecule has 158 valence electrons. The van der Waals surface area contributed by atoms with Crippen LogP contribution in [0.25, 0.3) is 11.5 Å². The van der Waals surface area contributed by atoms with Crippen molar-refractivity contribution in [3.05, 3.63) is 65.8 Å². The summed E-state index contributed by atoms with van der Waals surface area (Å²) >= 11 is 0. The van der Waals surface area contributed by atoms with Gasteiger partial charge in [0.25, 0.3) is 0 Å². The third-order valence-electron chi connectivity index (χ3n) is 5.36. The Morgan fingerprint density at radius 3 is 2.53 bits per heavy atom. The van der Waals surface area contributed by atoms with Crippen LogP contribution < -0.4 is 0 Å². The van der Waals surface area contributed by atoms with Crippen LogP contribution in [-0.2, 0) is 16.4 Å². The maximum absolute atomic E-state index is 13.1. The average Bonchev–Trinajstić information content (AvgIpc) is 3.25. The molecule has 0 spiro atoms. The van der Waals surface area contributed by atoms with Gasteiger partial charge in [0.15, 0.2) is 0 Å². The highest BCUT2D eigenvalue weighted by molar-refractivity contribution is 7.89. The number of sulfonamides is 1.